The van der Waals surface area contributed by atoms with Gasteiger partial charge in [-0.1, -0.05) is 218 Å². The zero-order valence-electron chi connectivity index (χ0n) is 41.9. The molecule has 4 aliphatic rings. The Hall–Kier alpha value is -9.96. The molecule has 0 bridgehead atoms. The lowest BCUT2D eigenvalue weighted by molar-refractivity contribution is 0.436. The average Bonchev–Trinajstić information content (AvgIpc) is 4.20. The minimum atomic E-state index is -0.589. The molecule has 77 heavy (non-hydrogen) atoms. The molecule has 2 spiro atoms. The first-order valence-corrected chi connectivity index (χ1v) is 26.6. The fourth-order valence-electron chi connectivity index (χ4n) is 13.7. The summed E-state index contributed by atoms with van der Waals surface area (Å²) < 4.78 is 13.4. The van der Waals surface area contributed by atoms with Crippen LogP contribution in [-0.4, -0.2) is 0 Å². The Morgan fingerprint density at radius 1 is 0.221 bits per heavy atom. The normalized spacial score (nSPS) is 13.9. The molecule has 0 unspecified atom stereocenters. The van der Waals surface area contributed by atoms with E-state index in [1.54, 1.807) is 0 Å². The van der Waals surface area contributed by atoms with Crippen molar-refractivity contribution in [2.24, 2.45) is 0 Å². The van der Waals surface area contributed by atoms with Crippen LogP contribution in [0.3, 0.4) is 0 Å². The maximum Gasteiger partial charge on any atom is 0.132 e. The molecule has 2 aliphatic heterocycles. The minimum absolute atomic E-state index is 0.528. The molecule has 0 N–H and O–H groups in total. The van der Waals surface area contributed by atoms with E-state index in [1.165, 1.54) is 50.1 Å². The van der Waals surface area contributed by atoms with Gasteiger partial charge in [0.1, 0.15) is 23.0 Å². The molecule has 16 rings (SSSR count). The van der Waals surface area contributed by atoms with Crippen LogP contribution in [0.15, 0.2) is 285 Å². The summed E-state index contributed by atoms with van der Waals surface area (Å²) in [5.74, 6) is 3.56. The number of hydrogen-bond acceptors (Lipinski definition) is 3. The van der Waals surface area contributed by atoms with Crippen LogP contribution in [0, 0.1) is 0 Å². The standard InChI is InChI=1S/C74H47NO2/c1-2-20-48(21-3-1)49-22-18-24-53(44-49)75(54-25-19-23-50(45-54)51-41-43-62-59(46-51)57-28-5-8-30-61(57)73(62)63-31-9-14-36-69(63)76-70-37-15-10-32-64(70)73)68-35-13-6-26-55(68)52-40-42-58-56-27-4-7-29-60(56)74(67(58)47-52)65-33-11-16-38-71(65)77-72-39-17-12-34-66(72)74/h1-47H. The highest BCUT2D eigenvalue weighted by molar-refractivity contribution is 5.96. The first-order valence-electron chi connectivity index (χ1n) is 26.6. The number of rotatable bonds is 6. The lowest BCUT2D eigenvalue weighted by Crippen LogP contribution is -2.32. The number of anilines is 3. The van der Waals surface area contributed by atoms with E-state index in [9.17, 15) is 0 Å². The Balaban J connectivity index is 0.881. The molecule has 0 amide bonds. The zero-order valence-corrected chi connectivity index (χ0v) is 41.9. The van der Waals surface area contributed by atoms with Crippen LogP contribution in [0.25, 0.3) is 55.6 Å². The monoisotopic (exact) mass is 981 g/mol. The largest absolute Gasteiger partial charge is 0.457 e. The Labute approximate surface area is 448 Å². The van der Waals surface area contributed by atoms with Gasteiger partial charge in [0.15, 0.2) is 0 Å². The number of ether oxygens (including phenoxy) is 2. The van der Waals surface area contributed by atoms with Gasteiger partial charge >= 0.3 is 0 Å². The summed E-state index contributed by atoms with van der Waals surface area (Å²) in [5, 5.41) is 0. The second kappa shape index (κ2) is 16.8. The molecule has 0 fully saturated rings. The molecule has 2 aliphatic carbocycles. The summed E-state index contributed by atoms with van der Waals surface area (Å²) in [5.41, 5.74) is 23.6. The van der Waals surface area contributed by atoms with E-state index in [4.69, 9.17) is 9.47 Å². The second-order valence-electron chi connectivity index (χ2n) is 20.6. The van der Waals surface area contributed by atoms with Gasteiger partial charge in [-0.2, -0.15) is 0 Å². The van der Waals surface area contributed by atoms with Gasteiger partial charge in [-0.3, -0.25) is 0 Å². The van der Waals surface area contributed by atoms with Gasteiger partial charge < -0.3 is 14.4 Å². The van der Waals surface area contributed by atoms with Gasteiger partial charge in [0, 0.05) is 39.2 Å². The second-order valence-corrected chi connectivity index (χ2v) is 20.6. The molecule has 0 atom stereocenters. The highest BCUT2D eigenvalue weighted by atomic mass is 16.5. The van der Waals surface area contributed by atoms with Crippen LogP contribution < -0.4 is 14.4 Å². The molecule has 3 nitrogen and oxygen atoms in total. The third-order valence-corrected chi connectivity index (χ3v) is 16.8. The van der Waals surface area contributed by atoms with Crippen molar-refractivity contribution >= 4 is 17.1 Å². The van der Waals surface area contributed by atoms with E-state index in [1.807, 2.05) is 0 Å². The van der Waals surface area contributed by atoms with E-state index in [-0.39, 0.29) is 0 Å². The number of nitrogens with zero attached hydrogens (tertiary/aromatic N) is 1. The molecule has 3 heteroatoms. The van der Waals surface area contributed by atoms with Crippen LogP contribution in [-0.2, 0) is 10.8 Å². The van der Waals surface area contributed by atoms with E-state index < -0.39 is 10.8 Å². The van der Waals surface area contributed by atoms with E-state index in [0.717, 1.165) is 90.1 Å². The van der Waals surface area contributed by atoms with E-state index in [2.05, 4.69) is 290 Å². The third-order valence-electron chi connectivity index (χ3n) is 16.8. The molecule has 0 aromatic heterocycles. The fraction of sp³-hybridized carbons (Fsp3) is 0.0270. The van der Waals surface area contributed by atoms with Crippen molar-refractivity contribution in [2.75, 3.05) is 4.90 Å². The molecule has 360 valence electrons. The average molecular weight is 982 g/mol. The third kappa shape index (κ3) is 6.20. The molecule has 0 saturated heterocycles. The van der Waals surface area contributed by atoms with Gasteiger partial charge in [0.25, 0.3) is 0 Å². The SMILES string of the molecule is c1ccc(-c2cccc(N(c3cccc(-c4ccc5c(c4)-c4ccccc4C54c5ccccc5Oc5ccccc54)c3)c3ccccc3-c3ccc4c(c3)C3(c5ccccc5Oc5ccccc53)c3ccccc3-4)c2)cc1. The summed E-state index contributed by atoms with van der Waals surface area (Å²) in [4.78, 5) is 2.45. The van der Waals surface area contributed by atoms with Crippen molar-refractivity contribution in [3.8, 4) is 78.6 Å². The lowest BCUT2D eigenvalue weighted by Gasteiger charge is -2.39. The Morgan fingerprint density at radius 3 is 1.18 bits per heavy atom. The highest BCUT2D eigenvalue weighted by Gasteiger charge is 2.52. The first-order chi connectivity index (χ1) is 38.2. The van der Waals surface area contributed by atoms with Crippen molar-refractivity contribution in [1.29, 1.82) is 0 Å². The van der Waals surface area contributed by atoms with Crippen LogP contribution in [0.5, 0.6) is 23.0 Å². The lowest BCUT2D eigenvalue weighted by atomic mass is 9.66. The smallest absolute Gasteiger partial charge is 0.132 e. The predicted molar refractivity (Wildman–Crippen MR) is 312 cm³/mol. The molecule has 2 heterocycles. The van der Waals surface area contributed by atoms with E-state index in [0.29, 0.717) is 0 Å². The van der Waals surface area contributed by atoms with Crippen LogP contribution >= 0.6 is 0 Å². The molecular formula is C74H47NO2. The summed E-state index contributed by atoms with van der Waals surface area (Å²) in [6.45, 7) is 0. The number of fused-ring (bicyclic) bond motifs is 18. The van der Waals surface area contributed by atoms with Crippen molar-refractivity contribution in [1.82, 2.24) is 0 Å². The first kappa shape index (κ1) is 43.4. The van der Waals surface area contributed by atoms with Crippen LogP contribution in [0.4, 0.5) is 17.1 Å². The predicted octanol–water partition coefficient (Wildman–Crippen LogP) is 19.1. The van der Waals surface area contributed by atoms with Gasteiger partial charge in [-0.25, -0.2) is 0 Å². The zero-order chi connectivity index (χ0) is 50.7. The van der Waals surface area contributed by atoms with Gasteiger partial charge in [0.2, 0.25) is 0 Å². The van der Waals surface area contributed by atoms with Crippen LogP contribution in [0.2, 0.25) is 0 Å². The van der Waals surface area contributed by atoms with Crippen LogP contribution in [0.1, 0.15) is 44.5 Å². The summed E-state index contributed by atoms with van der Waals surface area (Å²) in [7, 11) is 0. The van der Waals surface area contributed by atoms with Crippen molar-refractivity contribution in [3.63, 3.8) is 0 Å². The van der Waals surface area contributed by atoms with Gasteiger partial charge in [-0.05, 0) is 139 Å². The molecule has 0 radical (unpaired) electrons. The molecule has 12 aromatic carbocycles. The summed E-state index contributed by atoms with van der Waals surface area (Å²) in [6, 6.07) is 104. The Morgan fingerprint density at radius 2 is 0.610 bits per heavy atom. The maximum absolute atomic E-state index is 6.72. The number of hydrogen-bond donors (Lipinski definition) is 0. The van der Waals surface area contributed by atoms with Crippen molar-refractivity contribution in [2.45, 2.75) is 10.8 Å². The molecular weight excluding hydrogens is 935 g/mol. The molecule has 0 saturated carbocycles. The highest BCUT2D eigenvalue weighted by Crippen LogP contribution is 2.64. The number of benzene rings is 12. The Bertz CT molecular complexity index is 4290. The Kier molecular flexibility index (Phi) is 9.47. The van der Waals surface area contributed by atoms with Crippen molar-refractivity contribution < 1.29 is 9.47 Å². The molecule has 12 aromatic rings. The fourth-order valence-corrected chi connectivity index (χ4v) is 13.7. The topological polar surface area (TPSA) is 21.7 Å². The van der Waals surface area contributed by atoms with Gasteiger partial charge in [0.05, 0.1) is 16.5 Å². The maximum atomic E-state index is 6.72. The van der Waals surface area contributed by atoms with Crippen molar-refractivity contribution in [3.05, 3.63) is 330 Å². The van der Waals surface area contributed by atoms with Gasteiger partial charge in [-0.15, -0.1) is 0 Å². The quantitative estimate of drug-likeness (QED) is 0.166. The summed E-state index contributed by atoms with van der Waals surface area (Å²) in [6.07, 6.45) is 0. The minimum Gasteiger partial charge on any atom is -0.457 e. The van der Waals surface area contributed by atoms with E-state index >= 15 is 0 Å². The number of para-hydroxylation sites is 5. The summed E-state index contributed by atoms with van der Waals surface area (Å²) >= 11 is 0.